The molecule has 0 aliphatic carbocycles. The Balaban J connectivity index is 0.000000801. The third-order valence-electron chi connectivity index (χ3n) is 3.47. The van der Waals surface area contributed by atoms with E-state index in [2.05, 4.69) is 19.1 Å². The van der Waals surface area contributed by atoms with Crippen molar-refractivity contribution in [3.63, 3.8) is 0 Å². The minimum absolute atomic E-state index is 0.0145. The van der Waals surface area contributed by atoms with Gasteiger partial charge in [0.2, 0.25) is 0 Å². The molecule has 0 aliphatic heterocycles. The SMILES string of the molecule is CCNc1cc(Oc2ccc(OC(F)(F)C(F)F)cc2Cl)ccc1[N+](=O)[O-].CO[P+](=O)OC. The van der Waals surface area contributed by atoms with Gasteiger partial charge in [0, 0.05) is 29.3 Å². The van der Waals surface area contributed by atoms with Gasteiger partial charge in [-0.2, -0.15) is 17.6 Å². The van der Waals surface area contributed by atoms with E-state index in [4.69, 9.17) is 16.3 Å². The quantitative estimate of drug-likeness (QED) is 0.161. The van der Waals surface area contributed by atoms with Crippen molar-refractivity contribution >= 4 is 31.2 Å². The van der Waals surface area contributed by atoms with Gasteiger partial charge in [0.25, 0.3) is 5.69 Å². The third-order valence-corrected chi connectivity index (χ3v) is 4.36. The lowest BCUT2D eigenvalue weighted by Crippen LogP contribution is -2.33. The maximum absolute atomic E-state index is 12.9. The van der Waals surface area contributed by atoms with Gasteiger partial charge in [-0.1, -0.05) is 11.6 Å². The summed E-state index contributed by atoms with van der Waals surface area (Å²) in [6.07, 6.45) is -8.66. The molecule has 0 heterocycles. The number of nitro groups is 1. The van der Waals surface area contributed by atoms with Gasteiger partial charge in [-0.05, 0) is 25.1 Å². The standard InChI is InChI=1S/C16H13ClF4N2O4.C2H6O3P/c1-2-22-12-8-9(3-5-13(12)23(24)25)26-14-6-4-10(7-11(14)17)27-16(20,21)15(18)19;1-4-6(3)5-2/h3-8,15,22H,2H2,1H3;1-2H3/q;+1. The van der Waals surface area contributed by atoms with Gasteiger partial charge in [-0.25, -0.2) is 0 Å². The van der Waals surface area contributed by atoms with Crippen LogP contribution in [0, 0.1) is 10.1 Å². The Kier molecular flexibility index (Phi) is 11.2. The number of nitro benzene ring substituents is 1. The molecule has 0 saturated heterocycles. The number of nitrogens with one attached hydrogen (secondary N) is 1. The molecule has 2 rings (SSSR count). The molecule has 1 N–H and O–H groups in total. The predicted octanol–water partition coefficient (Wildman–Crippen LogP) is 6.65. The molecule has 0 radical (unpaired) electrons. The van der Waals surface area contributed by atoms with Crippen LogP contribution >= 0.6 is 19.9 Å². The molecule has 0 bridgehead atoms. The fourth-order valence-corrected chi connectivity index (χ4v) is 2.46. The minimum Gasteiger partial charge on any atom is -0.456 e. The van der Waals surface area contributed by atoms with Crippen LogP contribution in [-0.4, -0.2) is 38.2 Å². The molecule has 9 nitrogen and oxygen atoms in total. The normalized spacial score (nSPS) is 10.8. The topological polar surface area (TPSA) is 109 Å². The van der Waals surface area contributed by atoms with E-state index < -0.39 is 31.5 Å². The first kappa shape index (κ1) is 28.3. The van der Waals surface area contributed by atoms with E-state index in [1.54, 1.807) is 6.92 Å². The number of alkyl halides is 4. The smallest absolute Gasteiger partial charge is 0.456 e. The number of rotatable bonds is 10. The van der Waals surface area contributed by atoms with Crippen molar-refractivity contribution in [2.75, 3.05) is 26.1 Å². The highest BCUT2D eigenvalue weighted by atomic mass is 35.5. The van der Waals surface area contributed by atoms with E-state index in [0.717, 1.165) is 18.2 Å². The number of benzene rings is 2. The summed E-state index contributed by atoms with van der Waals surface area (Å²) in [7, 11) is 0.817. The van der Waals surface area contributed by atoms with Crippen LogP contribution in [0.15, 0.2) is 36.4 Å². The van der Waals surface area contributed by atoms with Crippen molar-refractivity contribution in [3.8, 4) is 17.2 Å². The van der Waals surface area contributed by atoms with Crippen molar-refractivity contribution in [1.29, 1.82) is 0 Å². The van der Waals surface area contributed by atoms with E-state index in [-0.39, 0.29) is 27.9 Å². The summed E-state index contributed by atoms with van der Waals surface area (Å²) in [5.74, 6) is -0.375. The molecule has 0 fully saturated rings. The molecule has 0 saturated carbocycles. The summed E-state index contributed by atoms with van der Waals surface area (Å²) in [6, 6.07) is 6.94. The van der Waals surface area contributed by atoms with Crippen LogP contribution in [0.3, 0.4) is 0 Å². The maximum Gasteiger partial charge on any atom is 0.696 e. The van der Waals surface area contributed by atoms with E-state index in [9.17, 15) is 32.2 Å². The van der Waals surface area contributed by atoms with Gasteiger partial charge in [0.1, 0.15) is 22.9 Å². The summed E-state index contributed by atoms with van der Waals surface area (Å²) in [6.45, 7) is 2.18. The average molecular weight is 518 g/mol. The van der Waals surface area contributed by atoms with E-state index in [1.165, 1.54) is 32.4 Å². The fraction of sp³-hybridized carbons (Fsp3) is 0.333. The Hall–Kier alpha value is -2.73. The van der Waals surface area contributed by atoms with Crippen molar-refractivity contribution in [3.05, 3.63) is 51.5 Å². The van der Waals surface area contributed by atoms with E-state index in [0.29, 0.717) is 6.54 Å². The van der Waals surface area contributed by atoms with Gasteiger partial charge >= 0.3 is 20.8 Å². The summed E-state index contributed by atoms with van der Waals surface area (Å²) in [5, 5.41) is 13.6. The van der Waals surface area contributed by atoms with Crippen molar-refractivity contribution in [2.24, 2.45) is 0 Å². The second kappa shape index (κ2) is 13.1. The zero-order chi connectivity index (χ0) is 25.2. The number of ether oxygens (including phenoxy) is 2. The van der Waals surface area contributed by atoms with Gasteiger partial charge in [-0.15, -0.1) is 9.05 Å². The first-order valence-electron chi connectivity index (χ1n) is 8.85. The van der Waals surface area contributed by atoms with Crippen LogP contribution in [0.1, 0.15) is 6.92 Å². The molecule has 33 heavy (non-hydrogen) atoms. The molecule has 182 valence electrons. The molecule has 0 spiro atoms. The van der Waals surface area contributed by atoms with Crippen LogP contribution in [0.5, 0.6) is 17.2 Å². The molecule has 0 aromatic heterocycles. The fourth-order valence-electron chi connectivity index (χ4n) is 2.10. The monoisotopic (exact) mass is 517 g/mol. The van der Waals surface area contributed by atoms with Crippen LogP contribution in [0.25, 0.3) is 0 Å². The number of anilines is 1. The lowest BCUT2D eigenvalue weighted by Gasteiger charge is -2.17. The zero-order valence-electron chi connectivity index (χ0n) is 17.4. The highest BCUT2D eigenvalue weighted by Crippen LogP contribution is 2.37. The molecule has 0 atom stereocenters. The number of hydrogen-bond acceptors (Lipinski definition) is 8. The Morgan fingerprint density at radius 1 is 1.15 bits per heavy atom. The Labute approximate surface area is 191 Å². The molecule has 0 amide bonds. The van der Waals surface area contributed by atoms with Gasteiger partial charge in [0.15, 0.2) is 0 Å². The predicted molar refractivity (Wildman–Crippen MR) is 112 cm³/mol. The molecule has 0 aliphatic rings. The van der Waals surface area contributed by atoms with Crippen molar-refractivity contribution in [1.82, 2.24) is 0 Å². The summed E-state index contributed by atoms with van der Waals surface area (Å²) in [5.41, 5.74) is 0.0564. The Morgan fingerprint density at radius 3 is 2.21 bits per heavy atom. The lowest BCUT2D eigenvalue weighted by molar-refractivity contribution is -0.384. The highest BCUT2D eigenvalue weighted by Gasteiger charge is 2.44. The summed E-state index contributed by atoms with van der Waals surface area (Å²) < 4.78 is 77.9. The lowest BCUT2D eigenvalue weighted by atomic mass is 10.2. The second-order valence-corrected chi connectivity index (χ2v) is 7.30. The Morgan fingerprint density at radius 2 is 1.76 bits per heavy atom. The summed E-state index contributed by atoms with van der Waals surface area (Å²) in [4.78, 5) is 10.4. The molecular formula is C18H19ClF4N2O7P+. The van der Waals surface area contributed by atoms with Gasteiger partial charge < -0.3 is 14.8 Å². The van der Waals surface area contributed by atoms with Crippen LogP contribution in [0.4, 0.5) is 28.9 Å². The minimum atomic E-state index is -4.66. The second-order valence-electron chi connectivity index (χ2n) is 5.71. The zero-order valence-corrected chi connectivity index (χ0v) is 19.0. The van der Waals surface area contributed by atoms with Crippen LogP contribution in [0.2, 0.25) is 5.02 Å². The van der Waals surface area contributed by atoms with E-state index in [1.807, 2.05) is 0 Å². The largest absolute Gasteiger partial charge is 0.696 e. The van der Waals surface area contributed by atoms with Crippen molar-refractivity contribution in [2.45, 2.75) is 19.5 Å². The molecule has 2 aromatic carbocycles. The molecule has 0 unspecified atom stereocenters. The van der Waals surface area contributed by atoms with Crippen molar-refractivity contribution < 1.29 is 45.6 Å². The van der Waals surface area contributed by atoms with Crippen LogP contribution in [-0.2, 0) is 13.6 Å². The highest BCUT2D eigenvalue weighted by molar-refractivity contribution is 7.33. The Bertz CT molecular complexity index is 963. The third kappa shape index (κ3) is 8.97. The molecule has 15 heteroatoms. The first-order chi connectivity index (χ1) is 15.4. The number of hydrogen-bond donors (Lipinski definition) is 1. The maximum atomic E-state index is 12.9. The van der Waals surface area contributed by atoms with Crippen LogP contribution < -0.4 is 14.8 Å². The number of halogens is 5. The summed E-state index contributed by atoms with van der Waals surface area (Å²) >= 11 is 5.91. The molecule has 2 aromatic rings. The van der Waals surface area contributed by atoms with Gasteiger partial charge in [0.05, 0.1) is 24.2 Å². The number of nitrogens with zero attached hydrogens (tertiary/aromatic N) is 1. The van der Waals surface area contributed by atoms with Gasteiger partial charge in [-0.3, -0.25) is 10.1 Å². The molecular weight excluding hydrogens is 499 g/mol. The first-order valence-corrected chi connectivity index (χ1v) is 10.3. The van der Waals surface area contributed by atoms with E-state index >= 15 is 0 Å². The average Bonchev–Trinajstić information content (AvgIpc) is 2.75.